The molecule has 0 unspecified atom stereocenters. The lowest BCUT2D eigenvalue weighted by Gasteiger charge is -2.13. The van der Waals surface area contributed by atoms with Gasteiger partial charge in [-0.2, -0.15) is 0 Å². The predicted octanol–water partition coefficient (Wildman–Crippen LogP) is 2.14. The van der Waals surface area contributed by atoms with E-state index in [0.717, 1.165) is 19.0 Å². The molecule has 3 N–H and O–H groups in total. The van der Waals surface area contributed by atoms with E-state index in [1.807, 2.05) is 0 Å². The number of unbranched alkanes of at least 4 members (excludes halogenated alkanes) is 1. The second-order valence-electron chi connectivity index (χ2n) is 5.27. The Morgan fingerprint density at radius 3 is 2.50 bits per heavy atom. The molecule has 0 amide bonds. The standard InChI is InChI=1S/C12H26N2/c1-11(2)5-3-4-8-14-10-12(9-13)6-7-12/h11,14H,3-10,13H2,1-2H3. The van der Waals surface area contributed by atoms with Crippen molar-refractivity contribution in [2.45, 2.75) is 46.0 Å². The van der Waals surface area contributed by atoms with Gasteiger partial charge in [-0.25, -0.2) is 0 Å². The van der Waals surface area contributed by atoms with E-state index in [9.17, 15) is 0 Å². The summed E-state index contributed by atoms with van der Waals surface area (Å²) in [7, 11) is 0. The van der Waals surface area contributed by atoms with Crippen molar-refractivity contribution in [2.24, 2.45) is 17.1 Å². The summed E-state index contributed by atoms with van der Waals surface area (Å²) in [4.78, 5) is 0. The Balaban J connectivity index is 1.85. The largest absolute Gasteiger partial charge is 0.330 e. The van der Waals surface area contributed by atoms with Gasteiger partial charge in [-0.15, -0.1) is 0 Å². The van der Waals surface area contributed by atoms with Crippen LogP contribution in [0, 0.1) is 11.3 Å². The van der Waals surface area contributed by atoms with Crippen molar-refractivity contribution in [2.75, 3.05) is 19.6 Å². The van der Waals surface area contributed by atoms with Crippen LogP contribution in [0.15, 0.2) is 0 Å². The molecule has 0 bridgehead atoms. The van der Waals surface area contributed by atoms with Crippen LogP contribution in [0.25, 0.3) is 0 Å². The molecule has 0 spiro atoms. The first-order valence-corrected chi connectivity index (χ1v) is 6.09. The highest BCUT2D eigenvalue weighted by atomic mass is 14.9. The molecule has 0 aromatic heterocycles. The zero-order valence-corrected chi connectivity index (χ0v) is 9.81. The van der Waals surface area contributed by atoms with Crippen LogP contribution in [0.2, 0.25) is 0 Å². The molecule has 2 nitrogen and oxygen atoms in total. The fraction of sp³-hybridized carbons (Fsp3) is 1.00. The van der Waals surface area contributed by atoms with E-state index in [2.05, 4.69) is 19.2 Å². The second kappa shape index (κ2) is 5.72. The monoisotopic (exact) mass is 198 g/mol. The van der Waals surface area contributed by atoms with Gasteiger partial charge in [0.1, 0.15) is 0 Å². The summed E-state index contributed by atoms with van der Waals surface area (Å²) in [6.45, 7) is 7.77. The van der Waals surface area contributed by atoms with Crippen LogP contribution in [0.5, 0.6) is 0 Å². The van der Waals surface area contributed by atoms with E-state index in [0.29, 0.717) is 5.41 Å². The summed E-state index contributed by atoms with van der Waals surface area (Å²) in [6.07, 6.45) is 6.72. The molecule has 1 fully saturated rings. The lowest BCUT2D eigenvalue weighted by Crippen LogP contribution is -2.30. The van der Waals surface area contributed by atoms with Gasteiger partial charge in [0, 0.05) is 6.54 Å². The first kappa shape index (κ1) is 12.0. The molecule has 0 radical (unpaired) electrons. The van der Waals surface area contributed by atoms with Gasteiger partial charge in [-0.3, -0.25) is 0 Å². The Hall–Kier alpha value is -0.0800. The Morgan fingerprint density at radius 1 is 1.29 bits per heavy atom. The lowest BCUT2D eigenvalue weighted by molar-refractivity contribution is 0.452. The zero-order chi connectivity index (χ0) is 10.4. The molecule has 0 aromatic carbocycles. The third kappa shape index (κ3) is 4.43. The SMILES string of the molecule is CC(C)CCCCNCC1(CN)CC1. The molecule has 1 rings (SSSR count). The first-order chi connectivity index (χ1) is 6.68. The molecule has 0 aliphatic heterocycles. The fourth-order valence-electron chi connectivity index (χ4n) is 1.79. The third-order valence-electron chi connectivity index (χ3n) is 3.28. The van der Waals surface area contributed by atoms with Crippen LogP contribution in [0.1, 0.15) is 46.0 Å². The molecule has 1 aliphatic carbocycles. The molecular formula is C12H26N2. The van der Waals surface area contributed by atoms with Crippen molar-refractivity contribution >= 4 is 0 Å². The number of nitrogens with one attached hydrogen (secondary N) is 1. The van der Waals surface area contributed by atoms with Crippen LogP contribution in [-0.2, 0) is 0 Å². The van der Waals surface area contributed by atoms with Crippen molar-refractivity contribution in [3.63, 3.8) is 0 Å². The Morgan fingerprint density at radius 2 is 2.00 bits per heavy atom. The van der Waals surface area contributed by atoms with E-state index < -0.39 is 0 Å². The van der Waals surface area contributed by atoms with Gasteiger partial charge < -0.3 is 11.1 Å². The highest BCUT2D eigenvalue weighted by molar-refractivity contribution is 4.95. The molecule has 14 heavy (non-hydrogen) atoms. The van der Waals surface area contributed by atoms with E-state index in [4.69, 9.17) is 5.73 Å². The summed E-state index contributed by atoms with van der Waals surface area (Å²) in [6, 6.07) is 0. The lowest BCUT2D eigenvalue weighted by atomic mass is 10.1. The third-order valence-corrected chi connectivity index (χ3v) is 3.28. The molecule has 0 saturated heterocycles. The van der Waals surface area contributed by atoms with Crippen LogP contribution in [-0.4, -0.2) is 19.6 Å². The molecule has 0 atom stereocenters. The highest BCUT2D eigenvalue weighted by Gasteiger charge is 2.40. The minimum Gasteiger partial charge on any atom is -0.330 e. The van der Waals surface area contributed by atoms with Gasteiger partial charge in [0.05, 0.1) is 0 Å². The van der Waals surface area contributed by atoms with E-state index in [-0.39, 0.29) is 0 Å². The molecule has 1 saturated carbocycles. The Bertz CT molecular complexity index is 150. The van der Waals surface area contributed by atoms with Gasteiger partial charge in [0.15, 0.2) is 0 Å². The number of hydrogen-bond acceptors (Lipinski definition) is 2. The molecule has 0 aromatic rings. The minimum atomic E-state index is 0.498. The van der Waals surface area contributed by atoms with Crippen molar-refractivity contribution in [3.8, 4) is 0 Å². The maximum absolute atomic E-state index is 5.71. The average Bonchev–Trinajstić information content (AvgIpc) is 2.91. The summed E-state index contributed by atoms with van der Waals surface area (Å²) in [5.74, 6) is 0.855. The Labute approximate surface area is 88.6 Å². The maximum atomic E-state index is 5.71. The zero-order valence-electron chi connectivity index (χ0n) is 9.81. The minimum absolute atomic E-state index is 0.498. The molecule has 84 valence electrons. The van der Waals surface area contributed by atoms with Crippen LogP contribution >= 0.6 is 0 Å². The predicted molar refractivity (Wildman–Crippen MR) is 62.3 cm³/mol. The molecule has 2 heteroatoms. The van der Waals surface area contributed by atoms with Crippen LogP contribution in [0.3, 0.4) is 0 Å². The van der Waals surface area contributed by atoms with Gasteiger partial charge in [0.25, 0.3) is 0 Å². The molecular weight excluding hydrogens is 172 g/mol. The summed E-state index contributed by atoms with van der Waals surface area (Å²) >= 11 is 0. The maximum Gasteiger partial charge on any atom is 0.00199 e. The van der Waals surface area contributed by atoms with Crippen molar-refractivity contribution < 1.29 is 0 Å². The van der Waals surface area contributed by atoms with Gasteiger partial charge in [-0.1, -0.05) is 26.7 Å². The van der Waals surface area contributed by atoms with Crippen molar-refractivity contribution in [3.05, 3.63) is 0 Å². The van der Waals surface area contributed by atoms with Crippen molar-refractivity contribution in [1.29, 1.82) is 0 Å². The van der Waals surface area contributed by atoms with Gasteiger partial charge in [0.2, 0.25) is 0 Å². The number of rotatable bonds is 8. The highest BCUT2D eigenvalue weighted by Crippen LogP contribution is 2.43. The summed E-state index contributed by atoms with van der Waals surface area (Å²) in [5.41, 5.74) is 6.21. The Kier molecular flexibility index (Phi) is 4.90. The van der Waals surface area contributed by atoms with Gasteiger partial charge >= 0.3 is 0 Å². The topological polar surface area (TPSA) is 38.0 Å². The van der Waals surface area contributed by atoms with E-state index in [1.54, 1.807) is 0 Å². The normalized spacial score (nSPS) is 18.9. The van der Waals surface area contributed by atoms with E-state index >= 15 is 0 Å². The van der Waals surface area contributed by atoms with Crippen LogP contribution < -0.4 is 11.1 Å². The summed E-state index contributed by atoms with van der Waals surface area (Å²) < 4.78 is 0. The van der Waals surface area contributed by atoms with E-state index in [1.165, 1.54) is 38.6 Å². The number of nitrogens with two attached hydrogens (primary N) is 1. The first-order valence-electron chi connectivity index (χ1n) is 6.09. The summed E-state index contributed by atoms with van der Waals surface area (Å²) in [5, 5.41) is 3.53. The second-order valence-corrected chi connectivity index (χ2v) is 5.27. The van der Waals surface area contributed by atoms with Crippen LogP contribution in [0.4, 0.5) is 0 Å². The molecule has 0 heterocycles. The number of hydrogen-bond donors (Lipinski definition) is 2. The smallest absolute Gasteiger partial charge is 0.00199 e. The quantitative estimate of drug-likeness (QED) is 0.586. The fourth-order valence-corrected chi connectivity index (χ4v) is 1.79. The van der Waals surface area contributed by atoms with Gasteiger partial charge in [-0.05, 0) is 43.7 Å². The van der Waals surface area contributed by atoms with Crippen molar-refractivity contribution in [1.82, 2.24) is 5.32 Å². The average molecular weight is 198 g/mol. The molecule has 1 aliphatic rings.